The summed E-state index contributed by atoms with van der Waals surface area (Å²) in [5.74, 6) is 0.917. The third-order valence-electron chi connectivity index (χ3n) is 5.77. The van der Waals surface area contributed by atoms with Gasteiger partial charge in [0.15, 0.2) is 6.23 Å². The Morgan fingerprint density at radius 3 is 2.67 bits per heavy atom. The molecule has 1 fully saturated rings. The summed E-state index contributed by atoms with van der Waals surface area (Å²) < 4.78 is 33.7. The Labute approximate surface area is 172 Å². The molecule has 3 aromatic heterocycles. The number of aliphatic hydroxyl groups excluding tert-OH is 1. The van der Waals surface area contributed by atoms with Gasteiger partial charge < -0.3 is 9.63 Å². The lowest BCUT2D eigenvalue weighted by molar-refractivity contribution is -0.0293. The van der Waals surface area contributed by atoms with Crippen LogP contribution in [-0.4, -0.2) is 47.8 Å². The van der Waals surface area contributed by atoms with Crippen LogP contribution >= 0.6 is 0 Å². The highest BCUT2D eigenvalue weighted by molar-refractivity contribution is 5.33. The molecule has 1 aliphatic heterocycles. The maximum Gasteiger partial charge on any atom is 0.280 e. The maximum atomic E-state index is 13.4. The predicted octanol–water partition coefficient (Wildman–Crippen LogP) is 3.46. The van der Waals surface area contributed by atoms with Crippen molar-refractivity contribution in [3.8, 4) is 0 Å². The van der Waals surface area contributed by atoms with Crippen LogP contribution in [0, 0.1) is 5.92 Å². The average Bonchev–Trinajstić information content (AvgIpc) is 3.36. The molecule has 4 rings (SSSR count). The predicted molar refractivity (Wildman–Crippen MR) is 104 cm³/mol. The zero-order valence-electron chi connectivity index (χ0n) is 17.5. The number of aromatic nitrogens is 5. The highest BCUT2D eigenvalue weighted by Gasteiger charge is 2.35. The van der Waals surface area contributed by atoms with Gasteiger partial charge >= 0.3 is 0 Å². The summed E-state index contributed by atoms with van der Waals surface area (Å²) in [6, 6.07) is 3.17. The first-order valence-electron chi connectivity index (χ1n) is 10.0. The fourth-order valence-corrected chi connectivity index (χ4v) is 3.88. The Hall–Kier alpha value is -2.46. The van der Waals surface area contributed by atoms with E-state index >= 15 is 0 Å². The highest BCUT2D eigenvalue weighted by atomic mass is 19.3. The molecule has 1 saturated heterocycles. The molecule has 1 unspecified atom stereocenters. The van der Waals surface area contributed by atoms with E-state index in [0.717, 1.165) is 6.42 Å². The van der Waals surface area contributed by atoms with Gasteiger partial charge in [0.2, 0.25) is 0 Å². The number of fused-ring (bicyclic) bond motifs is 1. The quantitative estimate of drug-likeness (QED) is 0.691. The molecule has 8 nitrogen and oxygen atoms in total. The number of likely N-dealkylation sites (tertiary alicyclic amines) is 1. The number of alkyl halides is 2. The third-order valence-corrected chi connectivity index (χ3v) is 5.77. The van der Waals surface area contributed by atoms with E-state index in [1.165, 1.54) is 16.9 Å². The van der Waals surface area contributed by atoms with Crippen LogP contribution in [0.3, 0.4) is 0 Å². The van der Waals surface area contributed by atoms with Gasteiger partial charge in [0, 0.05) is 30.5 Å². The molecule has 162 valence electrons. The minimum absolute atomic E-state index is 0.132. The van der Waals surface area contributed by atoms with Gasteiger partial charge in [-0.05, 0) is 18.4 Å². The first-order chi connectivity index (χ1) is 14.1. The topological polar surface area (TPSA) is 92.6 Å². The van der Waals surface area contributed by atoms with Crippen molar-refractivity contribution in [1.82, 2.24) is 29.6 Å². The van der Waals surface area contributed by atoms with Crippen LogP contribution in [0.25, 0.3) is 5.78 Å². The van der Waals surface area contributed by atoms with Crippen LogP contribution in [-0.2, 0) is 5.41 Å². The van der Waals surface area contributed by atoms with E-state index in [1.54, 1.807) is 6.07 Å². The van der Waals surface area contributed by atoms with Gasteiger partial charge in [-0.2, -0.15) is 10.1 Å². The van der Waals surface area contributed by atoms with Crippen LogP contribution < -0.4 is 0 Å². The van der Waals surface area contributed by atoms with Crippen molar-refractivity contribution in [3.05, 3.63) is 41.3 Å². The van der Waals surface area contributed by atoms with Crippen LogP contribution in [0.15, 0.2) is 23.0 Å². The summed E-state index contributed by atoms with van der Waals surface area (Å²) in [4.78, 5) is 9.78. The van der Waals surface area contributed by atoms with Gasteiger partial charge in [0.1, 0.15) is 23.5 Å². The Balaban J connectivity index is 1.64. The average molecular weight is 420 g/mol. The first-order valence-corrected chi connectivity index (χ1v) is 10.0. The van der Waals surface area contributed by atoms with Crippen molar-refractivity contribution < 1.29 is 18.4 Å². The number of piperidine rings is 1. The van der Waals surface area contributed by atoms with Crippen LogP contribution in [0.4, 0.5) is 8.78 Å². The van der Waals surface area contributed by atoms with Crippen LogP contribution in [0.2, 0.25) is 0 Å². The standard InChI is InChI=1S/C20H26F2N6O2/c1-11-5-6-27(18(29)14-8-16(30-26-14)20(2,3)4)9-12(11)15-7-13(17(21)22)25-19-23-10-24-28(15)19/h7-8,10-12,17-18,29H,5-6,9H2,1-4H3/t11-,12-,18?/m1/s1. The van der Waals surface area contributed by atoms with Crippen molar-refractivity contribution in [1.29, 1.82) is 0 Å². The molecule has 0 aromatic carbocycles. The zero-order chi connectivity index (χ0) is 21.6. The first kappa shape index (κ1) is 20.8. The fraction of sp³-hybridized carbons (Fsp3) is 0.600. The van der Waals surface area contributed by atoms with Gasteiger partial charge in [-0.25, -0.2) is 18.3 Å². The number of rotatable bonds is 4. The molecule has 3 atom stereocenters. The van der Waals surface area contributed by atoms with E-state index in [-0.39, 0.29) is 28.7 Å². The molecule has 1 aliphatic rings. The van der Waals surface area contributed by atoms with E-state index in [4.69, 9.17) is 4.52 Å². The van der Waals surface area contributed by atoms with E-state index < -0.39 is 12.7 Å². The van der Waals surface area contributed by atoms with Crippen molar-refractivity contribution in [3.63, 3.8) is 0 Å². The summed E-state index contributed by atoms with van der Waals surface area (Å²) in [6.07, 6.45) is -1.54. The van der Waals surface area contributed by atoms with Crippen LogP contribution in [0.5, 0.6) is 0 Å². The van der Waals surface area contributed by atoms with Gasteiger partial charge in [-0.1, -0.05) is 32.9 Å². The smallest absolute Gasteiger partial charge is 0.280 e. The second-order valence-corrected chi connectivity index (χ2v) is 8.99. The molecule has 4 heterocycles. The van der Waals surface area contributed by atoms with Crippen molar-refractivity contribution in [2.45, 2.75) is 58.1 Å². The molecule has 0 aliphatic carbocycles. The second-order valence-electron chi connectivity index (χ2n) is 8.99. The molecule has 3 aromatic rings. The molecule has 0 amide bonds. The molecule has 30 heavy (non-hydrogen) atoms. The van der Waals surface area contributed by atoms with Gasteiger partial charge in [0.05, 0.1) is 5.69 Å². The minimum Gasteiger partial charge on any atom is -0.372 e. The summed E-state index contributed by atoms with van der Waals surface area (Å²) >= 11 is 0. The lowest BCUT2D eigenvalue weighted by Gasteiger charge is -2.39. The van der Waals surface area contributed by atoms with E-state index in [9.17, 15) is 13.9 Å². The Kier molecular flexibility index (Phi) is 5.31. The lowest BCUT2D eigenvalue weighted by atomic mass is 9.84. The number of nitrogens with zero attached hydrogens (tertiary/aromatic N) is 6. The molecule has 0 radical (unpaired) electrons. The SMILES string of the molecule is C[C@@H]1CCN(C(O)c2cc(C(C)(C)C)on2)C[C@H]1c1cc(C(F)F)nc2ncnn12. The van der Waals surface area contributed by atoms with E-state index in [2.05, 4.69) is 27.1 Å². The molecule has 0 spiro atoms. The molecular weight excluding hydrogens is 394 g/mol. The summed E-state index contributed by atoms with van der Waals surface area (Å²) in [5, 5.41) is 19.2. The van der Waals surface area contributed by atoms with Crippen LogP contribution in [0.1, 0.15) is 75.5 Å². The minimum atomic E-state index is -2.70. The Morgan fingerprint density at radius 2 is 2.00 bits per heavy atom. The fourth-order valence-electron chi connectivity index (χ4n) is 3.88. The normalized spacial score (nSPS) is 22.1. The Bertz CT molecular complexity index is 1030. The molecule has 1 N–H and O–H groups in total. The van der Waals surface area contributed by atoms with E-state index in [1.807, 2.05) is 25.7 Å². The van der Waals surface area contributed by atoms with Gasteiger partial charge in [-0.3, -0.25) is 4.90 Å². The summed E-state index contributed by atoms with van der Waals surface area (Å²) in [5.41, 5.74) is 0.530. The summed E-state index contributed by atoms with van der Waals surface area (Å²) in [7, 11) is 0. The maximum absolute atomic E-state index is 13.4. The molecular formula is C20H26F2N6O2. The molecule has 0 saturated carbocycles. The highest BCUT2D eigenvalue weighted by Crippen LogP contribution is 2.36. The van der Waals surface area contributed by atoms with Crippen molar-refractivity contribution in [2.75, 3.05) is 13.1 Å². The Morgan fingerprint density at radius 1 is 1.23 bits per heavy atom. The molecule has 0 bridgehead atoms. The second kappa shape index (κ2) is 7.66. The lowest BCUT2D eigenvalue weighted by Crippen LogP contribution is -2.41. The van der Waals surface area contributed by atoms with Crippen molar-refractivity contribution >= 4 is 5.78 Å². The monoisotopic (exact) mass is 420 g/mol. The summed E-state index contributed by atoms with van der Waals surface area (Å²) in [6.45, 7) is 9.22. The number of hydrogen-bond acceptors (Lipinski definition) is 7. The van der Waals surface area contributed by atoms with Crippen molar-refractivity contribution in [2.24, 2.45) is 5.92 Å². The number of aliphatic hydroxyl groups is 1. The largest absolute Gasteiger partial charge is 0.372 e. The number of halogens is 2. The zero-order valence-corrected chi connectivity index (χ0v) is 17.5. The van der Waals surface area contributed by atoms with E-state index in [0.29, 0.717) is 30.2 Å². The van der Waals surface area contributed by atoms with Gasteiger partial charge in [-0.15, -0.1) is 0 Å². The third kappa shape index (κ3) is 3.81. The number of hydrogen-bond donors (Lipinski definition) is 1. The van der Waals surface area contributed by atoms with Gasteiger partial charge in [0.25, 0.3) is 12.2 Å². The molecule has 10 heteroatoms.